The molecular weight excluding hydrogens is 223 g/mol. The smallest absolute Gasteiger partial charge is 0.316 e. The minimum Gasteiger partial charge on any atom is -0.326 e. The molecule has 1 atom stereocenters. The van der Waals surface area contributed by atoms with E-state index in [-0.39, 0.29) is 0 Å². The predicted octanol–water partition coefficient (Wildman–Crippen LogP) is 3.05. The highest BCUT2D eigenvalue weighted by molar-refractivity contribution is 7.32. The Hall–Kier alpha value is -0.890. The lowest BCUT2D eigenvalue weighted by Crippen LogP contribution is -1.90. The van der Waals surface area contributed by atoms with Gasteiger partial charge >= 0.3 is 8.25 Å². The number of hydrogen-bond donors (Lipinski definition) is 1. The fraction of sp³-hybridized carbons (Fsp3) is 0.333. The molecule has 0 saturated carbocycles. The van der Waals surface area contributed by atoms with E-state index < -0.39 is 8.25 Å². The van der Waals surface area contributed by atoms with Crippen LogP contribution in [-0.2, 0) is 15.5 Å². The molecule has 1 N–H and O–H groups in total. The standard InChI is InChI=1S/C12H17O3P/c1-2-11-6-8-12(9-7-11)5-3-4-10-15-16(13)14/h2,6-9,16H,1,3-5,10H2,(H,13,14). The first-order chi connectivity index (χ1) is 7.72. The zero-order valence-electron chi connectivity index (χ0n) is 9.19. The molecule has 0 saturated heterocycles. The van der Waals surface area contributed by atoms with Crippen molar-refractivity contribution in [3.8, 4) is 0 Å². The Morgan fingerprint density at radius 2 is 2.00 bits per heavy atom. The van der Waals surface area contributed by atoms with Crippen molar-refractivity contribution in [2.75, 3.05) is 6.61 Å². The van der Waals surface area contributed by atoms with E-state index in [1.165, 1.54) is 5.56 Å². The van der Waals surface area contributed by atoms with E-state index in [2.05, 4.69) is 23.2 Å². The van der Waals surface area contributed by atoms with Crippen LogP contribution in [0.4, 0.5) is 0 Å². The monoisotopic (exact) mass is 240 g/mol. The summed E-state index contributed by atoms with van der Waals surface area (Å²) in [4.78, 5) is 8.44. The maximum Gasteiger partial charge on any atom is 0.316 e. The van der Waals surface area contributed by atoms with Gasteiger partial charge in [0.15, 0.2) is 0 Å². The highest BCUT2D eigenvalue weighted by Crippen LogP contribution is 2.15. The largest absolute Gasteiger partial charge is 0.326 e. The van der Waals surface area contributed by atoms with Crippen LogP contribution in [0.2, 0.25) is 0 Å². The molecule has 0 aliphatic heterocycles. The molecule has 0 heterocycles. The van der Waals surface area contributed by atoms with E-state index in [1.54, 1.807) is 0 Å². The van der Waals surface area contributed by atoms with Gasteiger partial charge in [0.25, 0.3) is 0 Å². The Balaban J connectivity index is 2.21. The first kappa shape index (κ1) is 13.2. The molecular formula is C12H17O3P. The van der Waals surface area contributed by atoms with Gasteiger partial charge in [0.05, 0.1) is 6.61 Å². The topological polar surface area (TPSA) is 46.5 Å². The molecule has 3 nitrogen and oxygen atoms in total. The third kappa shape index (κ3) is 5.26. The van der Waals surface area contributed by atoms with Crippen LogP contribution in [0.5, 0.6) is 0 Å². The second kappa shape index (κ2) is 7.39. The summed E-state index contributed by atoms with van der Waals surface area (Å²) >= 11 is 0. The Bertz CT molecular complexity index is 346. The normalized spacial score (nSPS) is 12.3. The molecule has 0 aromatic heterocycles. The third-order valence-electron chi connectivity index (χ3n) is 2.30. The van der Waals surface area contributed by atoms with Gasteiger partial charge in [0, 0.05) is 0 Å². The average molecular weight is 240 g/mol. The van der Waals surface area contributed by atoms with Crippen LogP contribution in [0, 0.1) is 0 Å². The van der Waals surface area contributed by atoms with E-state index in [9.17, 15) is 4.57 Å². The van der Waals surface area contributed by atoms with Crippen molar-refractivity contribution in [3.05, 3.63) is 42.0 Å². The van der Waals surface area contributed by atoms with Crippen molar-refractivity contribution in [2.45, 2.75) is 19.3 Å². The minimum absolute atomic E-state index is 0.360. The minimum atomic E-state index is -2.75. The van der Waals surface area contributed by atoms with Crippen molar-refractivity contribution in [2.24, 2.45) is 0 Å². The molecule has 0 aliphatic carbocycles. The third-order valence-corrected chi connectivity index (χ3v) is 2.75. The van der Waals surface area contributed by atoms with Crippen LogP contribution in [-0.4, -0.2) is 11.5 Å². The summed E-state index contributed by atoms with van der Waals surface area (Å²) in [5.41, 5.74) is 2.38. The molecule has 0 spiro atoms. The summed E-state index contributed by atoms with van der Waals surface area (Å²) in [6.45, 7) is 4.06. The molecule has 1 rings (SSSR count). The van der Waals surface area contributed by atoms with Gasteiger partial charge < -0.3 is 9.42 Å². The summed E-state index contributed by atoms with van der Waals surface area (Å²) in [6.07, 6.45) is 4.55. The van der Waals surface area contributed by atoms with Gasteiger partial charge in [-0.25, -0.2) is 0 Å². The van der Waals surface area contributed by atoms with Crippen LogP contribution in [0.15, 0.2) is 30.8 Å². The first-order valence-electron chi connectivity index (χ1n) is 5.29. The van der Waals surface area contributed by atoms with Crippen LogP contribution in [0.25, 0.3) is 6.08 Å². The van der Waals surface area contributed by atoms with Crippen molar-refractivity contribution < 1.29 is 14.0 Å². The number of hydrogen-bond acceptors (Lipinski definition) is 2. The summed E-state index contributed by atoms with van der Waals surface area (Å²) in [6, 6.07) is 8.22. The Morgan fingerprint density at radius 1 is 1.31 bits per heavy atom. The van der Waals surface area contributed by atoms with Crippen molar-refractivity contribution in [1.82, 2.24) is 0 Å². The molecule has 4 heteroatoms. The fourth-order valence-corrected chi connectivity index (χ4v) is 1.73. The second-order valence-electron chi connectivity index (χ2n) is 3.52. The van der Waals surface area contributed by atoms with Crippen LogP contribution in [0.3, 0.4) is 0 Å². The average Bonchev–Trinajstić information content (AvgIpc) is 2.29. The summed E-state index contributed by atoms with van der Waals surface area (Å²) in [7, 11) is -2.75. The van der Waals surface area contributed by atoms with E-state index in [0.717, 1.165) is 24.8 Å². The lowest BCUT2D eigenvalue weighted by Gasteiger charge is -2.02. The van der Waals surface area contributed by atoms with Crippen LogP contribution >= 0.6 is 8.25 Å². The number of benzene rings is 1. The number of unbranched alkanes of at least 4 members (excludes halogenated alkanes) is 1. The Morgan fingerprint density at radius 3 is 2.56 bits per heavy atom. The van der Waals surface area contributed by atoms with Crippen molar-refractivity contribution in [1.29, 1.82) is 0 Å². The molecule has 1 aromatic rings. The molecule has 16 heavy (non-hydrogen) atoms. The molecule has 88 valence electrons. The van der Waals surface area contributed by atoms with E-state index in [4.69, 9.17) is 4.89 Å². The highest BCUT2D eigenvalue weighted by atomic mass is 31.1. The molecule has 0 amide bonds. The molecule has 1 aromatic carbocycles. The highest BCUT2D eigenvalue weighted by Gasteiger charge is 1.95. The lowest BCUT2D eigenvalue weighted by molar-refractivity contribution is 0.275. The van der Waals surface area contributed by atoms with E-state index >= 15 is 0 Å². The number of aryl methyl sites for hydroxylation is 1. The summed E-state index contributed by atoms with van der Waals surface area (Å²) in [5.74, 6) is 0. The summed E-state index contributed by atoms with van der Waals surface area (Å²) in [5, 5.41) is 0. The van der Waals surface area contributed by atoms with Gasteiger partial charge in [0.2, 0.25) is 0 Å². The fourth-order valence-electron chi connectivity index (χ4n) is 1.41. The van der Waals surface area contributed by atoms with Gasteiger partial charge in [-0.3, -0.25) is 4.57 Å². The lowest BCUT2D eigenvalue weighted by atomic mass is 10.1. The zero-order valence-corrected chi connectivity index (χ0v) is 10.2. The van der Waals surface area contributed by atoms with Crippen molar-refractivity contribution in [3.63, 3.8) is 0 Å². The van der Waals surface area contributed by atoms with Crippen LogP contribution < -0.4 is 0 Å². The Kier molecular flexibility index (Phi) is 6.09. The molecule has 0 aliphatic rings. The van der Waals surface area contributed by atoms with E-state index in [1.807, 2.05) is 18.2 Å². The SMILES string of the molecule is C=Cc1ccc(CCCCO[PH](=O)O)cc1. The maximum atomic E-state index is 10.3. The first-order valence-corrected chi connectivity index (χ1v) is 6.56. The van der Waals surface area contributed by atoms with Gasteiger partial charge in [-0.2, -0.15) is 0 Å². The molecule has 0 radical (unpaired) electrons. The predicted molar refractivity (Wildman–Crippen MR) is 66.6 cm³/mol. The quantitative estimate of drug-likeness (QED) is 0.588. The van der Waals surface area contributed by atoms with Gasteiger partial charge in [0.1, 0.15) is 0 Å². The number of rotatable bonds is 7. The van der Waals surface area contributed by atoms with Crippen LogP contribution in [0.1, 0.15) is 24.0 Å². The van der Waals surface area contributed by atoms with Gasteiger partial charge in [-0.15, -0.1) is 0 Å². The van der Waals surface area contributed by atoms with Gasteiger partial charge in [-0.05, 0) is 30.4 Å². The zero-order chi connectivity index (χ0) is 11.8. The molecule has 1 unspecified atom stereocenters. The molecule has 0 fully saturated rings. The summed E-state index contributed by atoms with van der Waals surface area (Å²) < 4.78 is 14.9. The van der Waals surface area contributed by atoms with Gasteiger partial charge in [-0.1, -0.05) is 36.9 Å². The second-order valence-corrected chi connectivity index (χ2v) is 4.34. The Labute approximate surface area is 96.7 Å². The molecule has 0 bridgehead atoms. The van der Waals surface area contributed by atoms with Crippen molar-refractivity contribution >= 4 is 14.3 Å². The van der Waals surface area contributed by atoms with E-state index in [0.29, 0.717) is 6.61 Å². The maximum absolute atomic E-state index is 10.3.